The maximum Gasteiger partial charge on any atom is 0.154 e. The van der Waals surface area contributed by atoms with Crippen molar-refractivity contribution in [2.75, 3.05) is 7.05 Å². The molecule has 4 heteroatoms. The zero-order valence-corrected chi connectivity index (χ0v) is 5.47. The predicted molar refractivity (Wildman–Crippen MR) is 34.9 cm³/mol. The van der Waals surface area contributed by atoms with E-state index in [9.17, 15) is 0 Å². The van der Waals surface area contributed by atoms with Gasteiger partial charge in [-0.25, -0.2) is 0 Å². The molecular weight excluding hydrogens is 126 g/mol. The van der Waals surface area contributed by atoms with Crippen molar-refractivity contribution in [1.82, 2.24) is 4.90 Å². The van der Waals surface area contributed by atoms with Crippen LogP contribution in [0.15, 0.2) is 12.4 Å². The first-order valence-electron chi connectivity index (χ1n) is 2.18. The molecule has 0 aliphatic carbocycles. The maximum absolute atomic E-state index is 5.40. The van der Waals surface area contributed by atoms with E-state index in [1.807, 2.05) is 0 Å². The van der Waals surface area contributed by atoms with Crippen molar-refractivity contribution in [3.63, 3.8) is 0 Å². The first-order chi connectivity index (χ1) is 3.68. The Bertz CT molecular complexity index is 81.4. The normalized spacial score (nSPS) is 14.4. The van der Waals surface area contributed by atoms with Gasteiger partial charge in [0.25, 0.3) is 0 Å². The quantitative estimate of drug-likeness (QED) is 0.314. The van der Waals surface area contributed by atoms with Crippen LogP contribution >= 0.6 is 11.6 Å². The van der Waals surface area contributed by atoms with Gasteiger partial charge in [0.2, 0.25) is 0 Å². The van der Waals surface area contributed by atoms with Crippen LogP contribution in [0.4, 0.5) is 0 Å². The van der Waals surface area contributed by atoms with E-state index in [2.05, 4.69) is 0 Å². The van der Waals surface area contributed by atoms with Crippen LogP contribution in [0.2, 0.25) is 0 Å². The highest BCUT2D eigenvalue weighted by Crippen LogP contribution is 1.91. The highest BCUT2D eigenvalue weighted by molar-refractivity contribution is 6.19. The zero-order valence-electron chi connectivity index (χ0n) is 4.71. The summed E-state index contributed by atoms with van der Waals surface area (Å²) in [6, 6.07) is 0. The van der Waals surface area contributed by atoms with Gasteiger partial charge in [0.05, 0.1) is 0 Å². The molecule has 1 unspecified atom stereocenters. The number of hydrogen-bond acceptors (Lipinski definition) is 3. The summed E-state index contributed by atoms with van der Waals surface area (Å²) in [7, 11) is 1.74. The summed E-state index contributed by atoms with van der Waals surface area (Å²) in [5.74, 6) is 0. The summed E-state index contributed by atoms with van der Waals surface area (Å²) >= 11 is 5.40. The van der Waals surface area contributed by atoms with Crippen molar-refractivity contribution >= 4 is 11.6 Å². The minimum atomic E-state index is -0.491. The molecule has 0 bridgehead atoms. The average Bonchev–Trinajstić information content (AvgIpc) is 1.67. The number of alkyl halides is 1. The fourth-order valence-corrected chi connectivity index (χ4v) is 0.283. The smallest absolute Gasteiger partial charge is 0.154 e. The van der Waals surface area contributed by atoms with Crippen molar-refractivity contribution in [2.45, 2.75) is 5.62 Å². The maximum atomic E-state index is 5.40. The molecule has 4 N–H and O–H groups in total. The van der Waals surface area contributed by atoms with Crippen LogP contribution in [0.3, 0.4) is 0 Å². The Kier molecular flexibility index (Phi) is 3.39. The Balaban J connectivity index is 3.47. The van der Waals surface area contributed by atoms with Crippen LogP contribution in [0.1, 0.15) is 0 Å². The van der Waals surface area contributed by atoms with Crippen LogP contribution < -0.4 is 11.5 Å². The summed E-state index contributed by atoms with van der Waals surface area (Å²) in [4.78, 5) is 1.58. The van der Waals surface area contributed by atoms with E-state index in [0.717, 1.165) is 0 Å². The Morgan fingerprint density at radius 3 is 2.38 bits per heavy atom. The lowest BCUT2D eigenvalue weighted by Gasteiger charge is -2.14. The highest BCUT2D eigenvalue weighted by Gasteiger charge is 1.95. The fraction of sp³-hybridized carbons (Fsp3) is 0.500. The molecule has 0 aromatic carbocycles. The second-order valence-corrected chi connectivity index (χ2v) is 1.83. The summed E-state index contributed by atoms with van der Waals surface area (Å²) in [5, 5.41) is 0. The minimum absolute atomic E-state index is 0.491. The lowest BCUT2D eigenvalue weighted by atomic mass is 10.8. The summed E-state index contributed by atoms with van der Waals surface area (Å²) in [6.07, 6.45) is 2.97. The average molecular weight is 136 g/mol. The summed E-state index contributed by atoms with van der Waals surface area (Å²) in [6.45, 7) is 0. The van der Waals surface area contributed by atoms with Crippen LogP contribution in [0.5, 0.6) is 0 Å². The molecule has 0 radical (unpaired) electrons. The molecule has 3 nitrogen and oxygen atoms in total. The van der Waals surface area contributed by atoms with Gasteiger partial charge in [-0.05, 0) is 0 Å². The van der Waals surface area contributed by atoms with E-state index >= 15 is 0 Å². The molecule has 1 atom stereocenters. The van der Waals surface area contributed by atoms with Crippen molar-refractivity contribution in [3.8, 4) is 0 Å². The van der Waals surface area contributed by atoms with Crippen LogP contribution in [-0.4, -0.2) is 17.6 Å². The molecule has 0 fully saturated rings. The van der Waals surface area contributed by atoms with Gasteiger partial charge in [-0.15, -0.1) is 0 Å². The second-order valence-electron chi connectivity index (χ2n) is 1.38. The van der Waals surface area contributed by atoms with E-state index in [-0.39, 0.29) is 0 Å². The molecule has 0 aromatic heterocycles. The van der Waals surface area contributed by atoms with Crippen molar-refractivity contribution in [1.29, 1.82) is 0 Å². The monoisotopic (exact) mass is 135 g/mol. The van der Waals surface area contributed by atoms with Gasteiger partial charge in [-0.3, -0.25) is 5.73 Å². The lowest BCUT2D eigenvalue weighted by Crippen LogP contribution is -2.29. The molecule has 0 saturated carbocycles. The Hall–Kier alpha value is -0.410. The van der Waals surface area contributed by atoms with E-state index in [0.29, 0.717) is 0 Å². The Morgan fingerprint density at radius 2 is 2.25 bits per heavy atom. The standard InChI is InChI=1S/C4H10ClN3/c1-8(3-2-6)4(5)7/h2-4H,6-7H2,1H3/b3-2-. The number of nitrogens with two attached hydrogens (primary N) is 2. The van der Waals surface area contributed by atoms with Gasteiger partial charge in [0, 0.05) is 19.4 Å². The summed E-state index contributed by atoms with van der Waals surface area (Å²) in [5.41, 5.74) is 9.75. The van der Waals surface area contributed by atoms with Crippen LogP contribution in [-0.2, 0) is 0 Å². The topological polar surface area (TPSA) is 55.3 Å². The molecule has 8 heavy (non-hydrogen) atoms. The first kappa shape index (κ1) is 7.59. The molecule has 0 aliphatic rings. The molecule has 0 aromatic rings. The van der Waals surface area contributed by atoms with E-state index in [4.69, 9.17) is 23.1 Å². The number of rotatable bonds is 2. The van der Waals surface area contributed by atoms with Crippen LogP contribution in [0.25, 0.3) is 0 Å². The molecule has 0 saturated heterocycles. The first-order valence-corrected chi connectivity index (χ1v) is 2.62. The molecule has 0 aliphatic heterocycles. The Morgan fingerprint density at radius 1 is 1.75 bits per heavy atom. The molecule has 0 amide bonds. The van der Waals surface area contributed by atoms with Gasteiger partial charge in [0.15, 0.2) is 5.62 Å². The van der Waals surface area contributed by atoms with Crippen LogP contribution in [0, 0.1) is 0 Å². The van der Waals surface area contributed by atoms with Gasteiger partial charge >= 0.3 is 0 Å². The molecule has 0 heterocycles. The zero-order chi connectivity index (χ0) is 6.57. The van der Waals surface area contributed by atoms with Gasteiger partial charge in [-0.2, -0.15) is 0 Å². The third-order valence-electron chi connectivity index (χ3n) is 0.710. The summed E-state index contributed by atoms with van der Waals surface area (Å²) < 4.78 is 0. The SMILES string of the molecule is CN(/C=C\N)C(N)Cl. The van der Waals surface area contributed by atoms with Crippen molar-refractivity contribution in [3.05, 3.63) is 12.4 Å². The minimum Gasteiger partial charge on any atom is -0.403 e. The number of nitrogens with zero attached hydrogens (tertiary/aromatic N) is 1. The van der Waals surface area contributed by atoms with E-state index in [1.165, 1.54) is 6.20 Å². The van der Waals surface area contributed by atoms with E-state index < -0.39 is 5.62 Å². The van der Waals surface area contributed by atoms with Crippen molar-refractivity contribution < 1.29 is 0 Å². The number of halogens is 1. The van der Waals surface area contributed by atoms with Gasteiger partial charge in [-0.1, -0.05) is 11.6 Å². The van der Waals surface area contributed by atoms with Gasteiger partial charge < -0.3 is 10.6 Å². The van der Waals surface area contributed by atoms with Crippen molar-refractivity contribution in [2.24, 2.45) is 11.5 Å². The van der Waals surface area contributed by atoms with E-state index in [1.54, 1.807) is 18.1 Å². The predicted octanol–water partition coefficient (Wildman–Crippen LogP) is -0.171. The highest BCUT2D eigenvalue weighted by atomic mass is 35.5. The lowest BCUT2D eigenvalue weighted by molar-refractivity contribution is 0.428. The fourth-order valence-electron chi connectivity index (χ4n) is 0.218. The molecule has 48 valence electrons. The molecule has 0 spiro atoms. The largest absolute Gasteiger partial charge is 0.403 e. The second kappa shape index (κ2) is 3.57. The number of hydrogen-bond donors (Lipinski definition) is 2. The third-order valence-corrected chi connectivity index (χ3v) is 1.02. The third kappa shape index (κ3) is 2.71. The Labute approximate surface area is 53.9 Å². The molecular formula is C4H10ClN3. The molecule has 0 rings (SSSR count). The van der Waals surface area contributed by atoms with Gasteiger partial charge in [0.1, 0.15) is 0 Å².